The monoisotopic (exact) mass is 294 g/mol. The van der Waals surface area contributed by atoms with Crippen LogP contribution < -0.4 is 5.32 Å². The second kappa shape index (κ2) is 6.37. The van der Waals surface area contributed by atoms with E-state index in [0.29, 0.717) is 12.5 Å². The van der Waals surface area contributed by atoms with Crippen molar-refractivity contribution in [1.82, 2.24) is 14.8 Å². The van der Waals surface area contributed by atoms with Gasteiger partial charge in [-0.05, 0) is 13.8 Å². The van der Waals surface area contributed by atoms with E-state index in [0.717, 1.165) is 23.6 Å². The van der Waals surface area contributed by atoms with E-state index in [1.807, 2.05) is 24.7 Å². The Kier molecular flexibility index (Phi) is 4.77. The van der Waals surface area contributed by atoms with Gasteiger partial charge in [-0.3, -0.25) is 0 Å². The minimum absolute atomic E-state index is 0.0906. The molecule has 2 aromatic heterocycles. The molecule has 2 N–H and O–H groups in total. The van der Waals surface area contributed by atoms with Crippen molar-refractivity contribution in [2.45, 2.75) is 46.7 Å². The van der Waals surface area contributed by atoms with E-state index < -0.39 is 0 Å². The van der Waals surface area contributed by atoms with Gasteiger partial charge in [-0.15, -0.1) is 11.3 Å². The summed E-state index contributed by atoms with van der Waals surface area (Å²) in [7, 11) is 0. The van der Waals surface area contributed by atoms with Gasteiger partial charge in [0.2, 0.25) is 0 Å². The predicted octanol–water partition coefficient (Wildman–Crippen LogP) is 2.68. The van der Waals surface area contributed by atoms with E-state index in [-0.39, 0.29) is 6.61 Å². The first-order chi connectivity index (χ1) is 9.52. The highest BCUT2D eigenvalue weighted by Gasteiger charge is 2.12. The Hall–Kier alpha value is -1.40. The zero-order valence-electron chi connectivity index (χ0n) is 12.5. The summed E-state index contributed by atoms with van der Waals surface area (Å²) in [6.07, 6.45) is 1.93. The Bertz CT molecular complexity index is 574. The van der Waals surface area contributed by atoms with Gasteiger partial charge >= 0.3 is 0 Å². The molecule has 0 amide bonds. The van der Waals surface area contributed by atoms with Crippen molar-refractivity contribution in [2.24, 2.45) is 0 Å². The fourth-order valence-corrected chi connectivity index (χ4v) is 2.85. The molecule has 0 radical (unpaired) electrons. The summed E-state index contributed by atoms with van der Waals surface area (Å²) in [5.74, 6) is 1.45. The Balaban J connectivity index is 2.09. The summed E-state index contributed by atoms with van der Waals surface area (Å²) in [4.78, 5) is 5.64. The van der Waals surface area contributed by atoms with Crippen LogP contribution in [0.15, 0.2) is 6.20 Å². The molecule has 0 saturated heterocycles. The number of hydrogen-bond acceptors (Lipinski definition) is 5. The summed E-state index contributed by atoms with van der Waals surface area (Å²) in [6.45, 7) is 9.68. The first-order valence-corrected chi connectivity index (χ1v) is 7.68. The summed E-state index contributed by atoms with van der Waals surface area (Å²) in [5.41, 5.74) is 2.13. The molecule has 6 heteroatoms. The van der Waals surface area contributed by atoms with Gasteiger partial charge in [0, 0.05) is 22.6 Å². The molecule has 2 rings (SSSR count). The number of hydrogen-bond donors (Lipinski definition) is 2. The molecule has 0 aliphatic rings. The highest BCUT2D eigenvalue weighted by Crippen LogP contribution is 2.23. The lowest BCUT2D eigenvalue weighted by molar-refractivity contribution is 0.270. The summed E-state index contributed by atoms with van der Waals surface area (Å²) in [5, 5.41) is 18.1. The summed E-state index contributed by atoms with van der Waals surface area (Å²) in [6, 6.07) is 0. The Morgan fingerprint density at radius 2 is 2.15 bits per heavy atom. The highest BCUT2D eigenvalue weighted by molar-refractivity contribution is 7.11. The van der Waals surface area contributed by atoms with Crippen LogP contribution in [0.3, 0.4) is 0 Å². The fourth-order valence-electron chi connectivity index (χ4n) is 1.99. The van der Waals surface area contributed by atoms with E-state index in [4.69, 9.17) is 5.11 Å². The van der Waals surface area contributed by atoms with Crippen molar-refractivity contribution in [1.29, 1.82) is 0 Å². The molecule has 110 valence electrons. The third kappa shape index (κ3) is 3.19. The van der Waals surface area contributed by atoms with Crippen LogP contribution in [0.2, 0.25) is 0 Å². The third-order valence-corrected chi connectivity index (χ3v) is 4.53. The molecule has 0 fully saturated rings. The maximum atomic E-state index is 9.10. The number of nitrogens with one attached hydrogen (secondary N) is 1. The maximum Gasteiger partial charge on any atom is 0.127 e. The molecule has 0 atom stereocenters. The van der Waals surface area contributed by atoms with Gasteiger partial charge in [-0.25, -0.2) is 9.67 Å². The zero-order chi connectivity index (χ0) is 14.7. The van der Waals surface area contributed by atoms with E-state index in [1.54, 1.807) is 11.3 Å². The van der Waals surface area contributed by atoms with Crippen molar-refractivity contribution >= 4 is 17.2 Å². The molecule has 0 bridgehead atoms. The lowest BCUT2D eigenvalue weighted by Gasteiger charge is -2.09. The molecular weight excluding hydrogens is 272 g/mol. The van der Waals surface area contributed by atoms with Gasteiger partial charge < -0.3 is 10.4 Å². The van der Waals surface area contributed by atoms with Crippen molar-refractivity contribution in [3.05, 3.63) is 27.3 Å². The van der Waals surface area contributed by atoms with Crippen LogP contribution >= 0.6 is 11.3 Å². The topological polar surface area (TPSA) is 63.0 Å². The third-order valence-electron chi connectivity index (χ3n) is 3.23. The largest absolute Gasteiger partial charge is 0.394 e. The minimum Gasteiger partial charge on any atom is -0.394 e. The van der Waals surface area contributed by atoms with Crippen molar-refractivity contribution in [3.63, 3.8) is 0 Å². The van der Waals surface area contributed by atoms with E-state index in [1.165, 1.54) is 9.88 Å². The van der Waals surface area contributed by atoms with Crippen LogP contribution in [0.25, 0.3) is 0 Å². The molecule has 0 aliphatic carbocycles. The standard InChI is InChI=1S/C14H22N4OS/c1-9(2)14-16-8-12(20-14)7-15-13-10(3)11(4)17-18(13)5-6-19/h8-9,15,19H,5-7H2,1-4H3. The smallest absolute Gasteiger partial charge is 0.127 e. The average molecular weight is 294 g/mol. The lowest BCUT2D eigenvalue weighted by Crippen LogP contribution is -2.10. The molecule has 2 heterocycles. The van der Waals surface area contributed by atoms with Crippen LogP contribution in [0, 0.1) is 13.8 Å². The SMILES string of the molecule is Cc1nn(CCO)c(NCc2cnc(C(C)C)s2)c1C. The summed E-state index contributed by atoms with van der Waals surface area (Å²) >= 11 is 1.74. The molecule has 0 aliphatic heterocycles. The highest BCUT2D eigenvalue weighted by atomic mass is 32.1. The number of thiazole rings is 1. The van der Waals surface area contributed by atoms with Crippen LogP contribution in [-0.2, 0) is 13.1 Å². The quantitative estimate of drug-likeness (QED) is 0.860. The fraction of sp³-hybridized carbons (Fsp3) is 0.571. The van der Waals surface area contributed by atoms with Crippen molar-refractivity contribution in [3.8, 4) is 0 Å². The van der Waals surface area contributed by atoms with Gasteiger partial charge in [0.15, 0.2) is 0 Å². The number of nitrogens with zero attached hydrogens (tertiary/aromatic N) is 3. The van der Waals surface area contributed by atoms with E-state index in [2.05, 4.69) is 29.2 Å². The van der Waals surface area contributed by atoms with E-state index >= 15 is 0 Å². The summed E-state index contributed by atoms with van der Waals surface area (Å²) < 4.78 is 1.83. The van der Waals surface area contributed by atoms with Gasteiger partial charge in [0.1, 0.15) is 5.82 Å². The van der Waals surface area contributed by atoms with Crippen molar-refractivity contribution in [2.75, 3.05) is 11.9 Å². The number of rotatable bonds is 6. The molecule has 2 aromatic rings. The number of anilines is 1. The molecule has 0 spiro atoms. The second-order valence-electron chi connectivity index (χ2n) is 5.18. The van der Waals surface area contributed by atoms with E-state index in [9.17, 15) is 0 Å². The van der Waals surface area contributed by atoms with Crippen LogP contribution in [0.5, 0.6) is 0 Å². The van der Waals surface area contributed by atoms with Gasteiger partial charge in [0.25, 0.3) is 0 Å². The molecule has 0 saturated carbocycles. The zero-order valence-corrected chi connectivity index (χ0v) is 13.3. The number of aromatic nitrogens is 3. The lowest BCUT2D eigenvalue weighted by atomic mass is 10.2. The van der Waals surface area contributed by atoms with Crippen LogP contribution in [-0.4, -0.2) is 26.5 Å². The van der Waals surface area contributed by atoms with Crippen LogP contribution in [0.1, 0.15) is 40.9 Å². The molecule has 0 aromatic carbocycles. The Labute approximate surface area is 123 Å². The maximum absolute atomic E-state index is 9.10. The van der Waals surface area contributed by atoms with Gasteiger partial charge in [-0.1, -0.05) is 13.8 Å². The minimum atomic E-state index is 0.0906. The first kappa shape index (κ1) is 15.0. The van der Waals surface area contributed by atoms with Gasteiger partial charge in [-0.2, -0.15) is 5.10 Å². The molecule has 5 nitrogen and oxygen atoms in total. The molecule has 0 unspecified atom stereocenters. The number of aliphatic hydroxyl groups excluding tert-OH is 1. The van der Waals surface area contributed by atoms with Crippen molar-refractivity contribution < 1.29 is 5.11 Å². The normalized spacial score (nSPS) is 11.3. The first-order valence-electron chi connectivity index (χ1n) is 6.86. The number of aryl methyl sites for hydroxylation is 1. The number of aliphatic hydroxyl groups is 1. The second-order valence-corrected chi connectivity index (χ2v) is 6.33. The Morgan fingerprint density at radius 1 is 1.40 bits per heavy atom. The van der Waals surface area contributed by atoms with Gasteiger partial charge in [0.05, 0.1) is 30.4 Å². The molecular formula is C14H22N4OS. The Morgan fingerprint density at radius 3 is 2.75 bits per heavy atom. The predicted molar refractivity (Wildman–Crippen MR) is 82.3 cm³/mol. The van der Waals surface area contributed by atoms with Crippen LogP contribution in [0.4, 0.5) is 5.82 Å². The average Bonchev–Trinajstić information content (AvgIpc) is 2.96. The molecule has 20 heavy (non-hydrogen) atoms.